The molecule has 1 aromatic carbocycles. The number of methoxy groups -OCH3 is 1. The molecule has 0 spiro atoms. The molecule has 0 amide bonds. The Morgan fingerprint density at radius 1 is 1.38 bits per heavy atom. The summed E-state index contributed by atoms with van der Waals surface area (Å²) in [7, 11) is 1.73. The van der Waals surface area contributed by atoms with E-state index >= 15 is 0 Å². The van der Waals surface area contributed by atoms with E-state index in [4.69, 9.17) is 4.74 Å². The Bertz CT molecular complexity index is 384. The highest BCUT2D eigenvalue weighted by Gasteiger charge is 2.35. The monoisotopic (exact) mass is 219 g/mol. The van der Waals surface area contributed by atoms with Crippen LogP contribution in [0.25, 0.3) is 0 Å². The van der Waals surface area contributed by atoms with Gasteiger partial charge < -0.3 is 10.1 Å². The molecular weight excluding hydrogens is 198 g/mol. The Hall–Kier alpha value is -1.02. The van der Waals surface area contributed by atoms with Crippen LogP contribution in [0, 0.1) is 12.3 Å². The molecule has 1 aromatic rings. The Morgan fingerprint density at radius 3 is 2.62 bits per heavy atom. The molecule has 0 aliphatic carbocycles. The van der Waals surface area contributed by atoms with Crippen LogP contribution in [-0.2, 0) is 0 Å². The molecule has 1 N–H and O–H groups in total. The van der Waals surface area contributed by atoms with Crippen LogP contribution in [0.1, 0.15) is 30.9 Å². The molecule has 0 aromatic heterocycles. The second kappa shape index (κ2) is 4.10. The van der Waals surface area contributed by atoms with Crippen molar-refractivity contribution in [1.29, 1.82) is 0 Å². The van der Waals surface area contributed by atoms with Crippen molar-refractivity contribution >= 4 is 0 Å². The SMILES string of the molecule is COc1ccc(C2CNCC2(C)C)cc1C. The second-order valence-electron chi connectivity index (χ2n) is 5.40. The van der Waals surface area contributed by atoms with Crippen molar-refractivity contribution in [3.05, 3.63) is 29.3 Å². The van der Waals surface area contributed by atoms with Gasteiger partial charge in [-0.2, -0.15) is 0 Å². The minimum absolute atomic E-state index is 0.348. The first-order chi connectivity index (χ1) is 7.54. The van der Waals surface area contributed by atoms with E-state index < -0.39 is 0 Å². The van der Waals surface area contributed by atoms with E-state index in [0.717, 1.165) is 18.8 Å². The van der Waals surface area contributed by atoms with Gasteiger partial charge in [0.25, 0.3) is 0 Å². The highest BCUT2D eigenvalue weighted by Crippen LogP contribution is 2.39. The average Bonchev–Trinajstić information content (AvgIpc) is 2.58. The number of aryl methyl sites for hydroxylation is 1. The number of hydrogen-bond acceptors (Lipinski definition) is 2. The molecule has 1 heterocycles. The first-order valence-electron chi connectivity index (χ1n) is 5.90. The number of hydrogen-bond donors (Lipinski definition) is 1. The van der Waals surface area contributed by atoms with Gasteiger partial charge in [0.1, 0.15) is 5.75 Å². The second-order valence-corrected chi connectivity index (χ2v) is 5.40. The smallest absolute Gasteiger partial charge is 0.121 e. The molecule has 1 atom stereocenters. The first-order valence-corrected chi connectivity index (χ1v) is 5.90. The van der Waals surface area contributed by atoms with Crippen molar-refractivity contribution in [2.24, 2.45) is 5.41 Å². The fourth-order valence-corrected chi connectivity index (χ4v) is 2.63. The van der Waals surface area contributed by atoms with E-state index in [1.807, 2.05) is 0 Å². The molecule has 1 saturated heterocycles. The van der Waals surface area contributed by atoms with Crippen LogP contribution in [0.15, 0.2) is 18.2 Å². The standard InChI is InChI=1S/C14H21NO/c1-10-7-11(5-6-13(10)16-4)12-8-15-9-14(12,2)3/h5-7,12,15H,8-9H2,1-4H3. The molecule has 0 radical (unpaired) electrons. The summed E-state index contributed by atoms with van der Waals surface area (Å²) in [6, 6.07) is 6.54. The largest absolute Gasteiger partial charge is 0.496 e. The predicted octanol–water partition coefficient (Wildman–Crippen LogP) is 2.72. The fourth-order valence-electron chi connectivity index (χ4n) is 2.63. The molecule has 2 nitrogen and oxygen atoms in total. The van der Waals surface area contributed by atoms with Gasteiger partial charge in [0.2, 0.25) is 0 Å². The van der Waals surface area contributed by atoms with Gasteiger partial charge in [-0.15, -0.1) is 0 Å². The third-order valence-corrected chi connectivity index (χ3v) is 3.69. The van der Waals surface area contributed by atoms with Gasteiger partial charge in [-0.05, 0) is 29.5 Å². The van der Waals surface area contributed by atoms with Crippen molar-refractivity contribution < 1.29 is 4.74 Å². The Morgan fingerprint density at radius 2 is 2.12 bits per heavy atom. The maximum Gasteiger partial charge on any atom is 0.121 e. The summed E-state index contributed by atoms with van der Waals surface area (Å²) in [6.45, 7) is 8.95. The summed E-state index contributed by atoms with van der Waals surface area (Å²) in [5.74, 6) is 1.59. The van der Waals surface area contributed by atoms with Crippen molar-refractivity contribution in [3.63, 3.8) is 0 Å². The zero-order valence-electron chi connectivity index (χ0n) is 10.6. The van der Waals surface area contributed by atoms with E-state index in [2.05, 4.69) is 44.3 Å². The minimum Gasteiger partial charge on any atom is -0.496 e. The van der Waals surface area contributed by atoms with Gasteiger partial charge in [-0.3, -0.25) is 0 Å². The molecule has 2 rings (SSSR count). The highest BCUT2D eigenvalue weighted by atomic mass is 16.5. The quantitative estimate of drug-likeness (QED) is 0.825. The molecule has 0 saturated carbocycles. The topological polar surface area (TPSA) is 21.3 Å². The van der Waals surface area contributed by atoms with Crippen LogP contribution >= 0.6 is 0 Å². The molecule has 1 aliphatic rings. The first kappa shape index (κ1) is 11.5. The van der Waals surface area contributed by atoms with E-state index in [-0.39, 0.29) is 0 Å². The predicted molar refractivity (Wildman–Crippen MR) is 67.1 cm³/mol. The Kier molecular flexibility index (Phi) is 2.94. The molecule has 88 valence electrons. The van der Waals surface area contributed by atoms with E-state index in [1.165, 1.54) is 11.1 Å². The summed E-state index contributed by atoms with van der Waals surface area (Å²) in [4.78, 5) is 0. The molecule has 0 bridgehead atoms. The lowest BCUT2D eigenvalue weighted by molar-refractivity contribution is 0.362. The Labute approximate surface area is 98.0 Å². The number of benzene rings is 1. The minimum atomic E-state index is 0.348. The number of nitrogens with one attached hydrogen (secondary N) is 1. The van der Waals surface area contributed by atoms with Crippen LogP contribution < -0.4 is 10.1 Å². The van der Waals surface area contributed by atoms with Gasteiger partial charge in [-0.1, -0.05) is 26.0 Å². The van der Waals surface area contributed by atoms with Crippen LogP contribution in [0.2, 0.25) is 0 Å². The van der Waals surface area contributed by atoms with Crippen molar-refractivity contribution in [3.8, 4) is 5.75 Å². The normalized spacial score (nSPS) is 23.4. The van der Waals surface area contributed by atoms with E-state index in [9.17, 15) is 0 Å². The summed E-state index contributed by atoms with van der Waals surface area (Å²) in [5, 5.41) is 3.48. The van der Waals surface area contributed by atoms with Crippen LogP contribution in [0.3, 0.4) is 0 Å². The van der Waals surface area contributed by atoms with Gasteiger partial charge in [0, 0.05) is 19.0 Å². The third-order valence-electron chi connectivity index (χ3n) is 3.69. The van der Waals surface area contributed by atoms with Gasteiger partial charge in [0.15, 0.2) is 0 Å². The lowest BCUT2D eigenvalue weighted by Gasteiger charge is -2.26. The molecule has 1 unspecified atom stereocenters. The Balaban J connectivity index is 2.31. The third kappa shape index (κ3) is 1.94. The lowest BCUT2D eigenvalue weighted by atomic mass is 9.77. The molecular formula is C14H21NO. The highest BCUT2D eigenvalue weighted by molar-refractivity contribution is 5.38. The van der Waals surface area contributed by atoms with Crippen LogP contribution in [-0.4, -0.2) is 20.2 Å². The zero-order chi connectivity index (χ0) is 11.8. The molecule has 2 heteroatoms. The van der Waals surface area contributed by atoms with Crippen molar-refractivity contribution in [2.75, 3.05) is 20.2 Å². The van der Waals surface area contributed by atoms with E-state index in [0.29, 0.717) is 11.3 Å². The molecule has 1 aliphatic heterocycles. The van der Waals surface area contributed by atoms with Gasteiger partial charge in [0.05, 0.1) is 7.11 Å². The number of ether oxygens (including phenoxy) is 1. The van der Waals surface area contributed by atoms with Crippen molar-refractivity contribution in [1.82, 2.24) is 5.32 Å². The number of rotatable bonds is 2. The summed E-state index contributed by atoms with van der Waals surface area (Å²) in [5.41, 5.74) is 3.00. The average molecular weight is 219 g/mol. The van der Waals surface area contributed by atoms with Crippen molar-refractivity contribution in [2.45, 2.75) is 26.7 Å². The fraction of sp³-hybridized carbons (Fsp3) is 0.571. The molecule has 1 fully saturated rings. The maximum atomic E-state index is 5.30. The van der Waals surface area contributed by atoms with E-state index in [1.54, 1.807) is 7.11 Å². The van der Waals surface area contributed by atoms with Crippen LogP contribution in [0.5, 0.6) is 5.75 Å². The zero-order valence-corrected chi connectivity index (χ0v) is 10.6. The van der Waals surface area contributed by atoms with Crippen LogP contribution in [0.4, 0.5) is 0 Å². The summed E-state index contributed by atoms with van der Waals surface area (Å²) < 4.78 is 5.30. The lowest BCUT2D eigenvalue weighted by Crippen LogP contribution is -2.20. The summed E-state index contributed by atoms with van der Waals surface area (Å²) in [6.07, 6.45) is 0. The van der Waals surface area contributed by atoms with Gasteiger partial charge >= 0.3 is 0 Å². The van der Waals surface area contributed by atoms with Gasteiger partial charge in [-0.25, -0.2) is 0 Å². The maximum absolute atomic E-state index is 5.30. The summed E-state index contributed by atoms with van der Waals surface area (Å²) >= 11 is 0. The molecule has 16 heavy (non-hydrogen) atoms.